The maximum absolute atomic E-state index is 13.2. The van der Waals surface area contributed by atoms with Crippen LogP contribution in [0.5, 0.6) is 5.75 Å². The van der Waals surface area contributed by atoms with Crippen LogP contribution in [0.1, 0.15) is 25.3 Å². The van der Waals surface area contributed by atoms with Crippen molar-refractivity contribution in [2.75, 3.05) is 43.0 Å². The summed E-state index contributed by atoms with van der Waals surface area (Å²) in [5, 5.41) is 3.43. The minimum atomic E-state index is -3.70. The average Bonchev–Trinajstić information content (AvgIpc) is 2.89. The van der Waals surface area contributed by atoms with Crippen molar-refractivity contribution < 1.29 is 17.9 Å². The Balaban J connectivity index is 1.51. The molecule has 3 aromatic rings. The van der Waals surface area contributed by atoms with Crippen molar-refractivity contribution in [3.05, 3.63) is 78.5 Å². The van der Waals surface area contributed by atoms with Gasteiger partial charge >= 0.3 is 0 Å². The quantitative estimate of drug-likeness (QED) is 0.486. The third kappa shape index (κ3) is 5.03. The number of benzene rings is 2. The molecule has 0 spiro atoms. The molecule has 2 heterocycles. The van der Waals surface area contributed by atoms with E-state index in [9.17, 15) is 8.42 Å². The van der Waals surface area contributed by atoms with Crippen LogP contribution in [-0.4, -0.2) is 46.8 Å². The Kier molecular flexibility index (Phi) is 7.38. The molecular weight excluding hydrogens is 450 g/mol. The van der Waals surface area contributed by atoms with Gasteiger partial charge in [-0.3, -0.25) is 4.31 Å². The molecule has 0 atom stereocenters. The Hall–Kier alpha value is -3.10. The molecule has 180 valence electrons. The Morgan fingerprint density at radius 1 is 1.03 bits per heavy atom. The van der Waals surface area contributed by atoms with Gasteiger partial charge in [0.25, 0.3) is 10.0 Å². The zero-order valence-electron chi connectivity index (χ0n) is 19.6. The molecule has 8 heteroatoms. The van der Waals surface area contributed by atoms with Crippen molar-refractivity contribution in [2.45, 2.75) is 30.1 Å². The van der Waals surface area contributed by atoms with Crippen molar-refractivity contribution in [3.8, 4) is 5.75 Å². The van der Waals surface area contributed by atoms with Gasteiger partial charge in [-0.1, -0.05) is 30.3 Å². The molecule has 0 saturated carbocycles. The lowest BCUT2D eigenvalue weighted by molar-refractivity contribution is 0.0543. The van der Waals surface area contributed by atoms with Gasteiger partial charge < -0.3 is 14.8 Å². The summed E-state index contributed by atoms with van der Waals surface area (Å²) in [5.74, 6) is 1.47. The SMILES string of the molecule is CCN(c1ccccc1)S(=O)(=O)c1ccc(NCC2(c3ccc(OC)cc3)CCOCC2)nc1. The number of para-hydroxylation sites is 1. The number of methoxy groups -OCH3 is 1. The second-order valence-corrected chi connectivity index (χ2v) is 10.2. The number of hydrogen-bond donors (Lipinski definition) is 1. The minimum absolute atomic E-state index is 0.0940. The van der Waals surface area contributed by atoms with Crippen molar-refractivity contribution >= 4 is 21.5 Å². The third-order valence-electron chi connectivity index (χ3n) is 6.42. The van der Waals surface area contributed by atoms with Crippen molar-refractivity contribution in [1.82, 2.24) is 4.98 Å². The molecule has 1 aliphatic rings. The minimum Gasteiger partial charge on any atom is -0.497 e. The Labute approximate surface area is 201 Å². The fourth-order valence-electron chi connectivity index (χ4n) is 4.38. The van der Waals surface area contributed by atoms with E-state index in [0.29, 0.717) is 37.8 Å². The van der Waals surface area contributed by atoms with Crippen LogP contribution in [0.25, 0.3) is 0 Å². The number of rotatable bonds is 9. The molecule has 1 aliphatic heterocycles. The van der Waals surface area contributed by atoms with Crippen molar-refractivity contribution in [1.29, 1.82) is 0 Å². The van der Waals surface area contributed by atoms with Gasteiger partial charge in [0.2, 0.25) is 0 Å². The van der Waals surface area contributed by atoms with Gasteiger partial charge in [0, 0.05) is 37.9 Å². The standard InChI is InChI=1S/C26H31N3O4S/c1-3-29(22-7-5-4-6-8-22)34(30,31)24-13-14-25(27-19-24)28-20-26(15-17-33-18-16-26)21-9-11-23(32-2)12-10-21/h4-14,19H,3,15-18,20H2,1-2H3,(H,27,28). The van der Waals surface area contributed by atoms with Gasteiger partial charge in [0.1, 0.15) is 16.5 Å². The molecule has 7 nitrogen and oxygen atoms in total. The monoisotopic (exact) mass is 481 g/mol. The van der Waals surface area contributed by atoms with E-state index in [0.717, 1.165) is 18.6 Å². The first-order chi connectivity index (χ1) is 16.5. The summed E-state index contributed by atoms with van der Waals surface area (Å²) >= 11 is 0. The number of nitrogens with one attached hydrogen (secondary N) is 1. The van der Waals surface area contributed by atoms with Crippen LogP contribution < -0.4 is 14.4 Å². The summed E-state index contributed by atoms with van der Waals surface area (Å²) in [5.41, 5.74) is 1.77. The van der Waals surface area contributed by atoms with Crippen molar-refractivity contribution in [3.63, 3.8) is 0 Å². The lowest BCUT2D eigenvalue weighted by Crippen LogP contribution is -2.40. The first-order valence-electron chi connectivity index (χ1n) is 11.5. The Bertz CT molecular complexity index is 1160. The fourth-order valence-corrected chi connectivity index (χ4v) is 5.80. The molecule has 1 aromatic heterocycles. The molecular formula is C26H31N3O4S. The molecule has 1 N–H and O–H groups in total. The molecule has 0 aliphatic carbocycles. The number of aromatic nitrogens is 1. The second-order valence-electron chi connectivity index (χ2n) is 8.36. The molecule has 0 bridgehead atoms. The van der Waals surface area contributed by atoms with Crippen LogP contribution in [0.4, 0.5) is 11.5 Å². The number of nitrogens with zero attached hydrogens (tertiary/aromatic N) is 2. The number of hydrogen-bond acceptors (Lipinski definition) is 6. The second kappa shape index (κ2) is 10.4. The van der Waals surface area contributed by atoms with Crippen LogP contribution in [0.15, 0.2) is 77.8 Å². The molecule has 2 aromatic carbocycles. The van der Waals surface area contributed by atoms with E-state index in [4.69, 9.17) is 9.47 Å². The fraction of sp³-hybridized carbons (Fsp3) is 0.346. The maximum atomic E-state index is 13.2. The Morgan fingerprint density at radius 3 is 2.32 bits per heavy atom. The molecule has 4 rings (SSSR count). The lowest BCUT2D eigenvalue weighted by Gasteiger charge is -2.38. The largest absolute Gasteiger partial charge is 0.497 e. The molecule has 1 saturated heterocycles. The highest BCUT2D eigenvalue weighted by atomic mass is 32.2. The van der Waals surface area contributed by atoms with Gasteiger partial charge in [-0.25, -0.2) is 13.4 Å². The summed E-state index contributed by atoms with van der Waals surface area (Å²) in [4.78, 5) is 4.59. The van der Waals surface area contributed by atoms with E-state index in [1.54, 1.807) is 31.4 Å². The molecule has 0 unspecified atom stereocenters. The van der Waals surface area contributed by atoms with Crippen LogP contribution in [0, 0.1) is 0 Å². The predicted molar refractivity (Wildman–Crippen MR) is 134 cm³/mol. The summed E-state index contributed by atoms with van der Waals surface area (Å²) in [6.07, 6.45) is 3.20. The first-order valence-corrected chi connectivity index (χ1v) is 12.9. The van der Waals surface area contributed by atoms with Crippen LogP contribution in [0.3, 0.4) is 0 Å². The van der Waals surface area contributed by atoms with E-state index in [1.165, 1.54) is 16.1 Å². The Morgan fingerprint density at radius 2 is 1.74 bits per heavy atom. The summed E-state index contributed by atoms with van der Waals surface area (Å²) in [6.45, 7) is 4.22. The van der Waals surface area contributed by atoms with Crippen LogP contribution in [-0.2, 0) is 20.2 Å². The highest BCUT2D eigenvalue weighted by molar-refractivity contribution is 7.92. The van der Waals surface area contributed by atoms with Gasteiger partial charge in [-0.15, -0.1) is 0 Å². The smallest absolute Gasteiger partial charge is 0.265 e. The highest BCUT2D eigenvalue weighted by Crippen LogP contribution is 2.36. The van der Waals surface area contributed by atoms with Crippen LogP contribution in [0.2, 0.25) is 0 Å². The van der Waals surface area contributed by atoms with Gasteiger partial charge in [0.15, 0.2) is 0 Å². The number of anilines is 2. The number of sulfonamides is 1. The third-order valence-corrected chi connectivity index (χ3v) is 8.30. The van der Waals surface area contributed by atoms with E-state index in [2.05, 4.69) is 22.4 Å². The predicted octanol–water partition coefficient (Wildman–Crippen LogP) is 4.47. The van der Waals surface area contributed by atoms with Gasteiger partial charge in [-0.2, -0.15) is 0 Å². The average molecular weight is 482 g/mol. The summed E-state index contributed by atoms with van der Waals surface area (Å²) < 4.78 is 38.7. The zero-order chi connectivity index (χ0) is 24.0. The molecule has 0 radical (unpaired) electrons. The van der Waals surface area contributed by atoms with E-state index < -0.39 is 10.0 Å². The number of ether oxygens (including phenoxy) is 2. The highest BCUT2D eigenvalue weighted by Gasteiger charge is 2.34. The van der Waals surface area contributed by atoms with Gasteiger partial charge in [-0.05, 0) is 61.7 Å². The van der Waals surface area contributed by atoms with Gasteiger partial charge in [0.05, 0.1) is 12.8 Å². The zero-order valence-corrected chi connectivity index (χ0v) is 20.4. The molecule has 0 amide bonds. The molecule has 34 heavy (non-hydrogen) atoms. The van der Waals surface area contributed by atoms with E-state index >= 15 is 0 Å². The van der Waals surface area contributed by atoms with Crippen LogP contribution >= 0.6 is 0 Å². The normalized spacial score (nSPS) is 15.5. The van der Waals surface area contributed by atoms with Crippen molar-refractivity contribution in [2.24, 2.45) is 0 Å². The summed E-state index contributed by atoms with van der Waals surface area (Å²) in [7, 11) is -2.04. The van der Waals surface area contributed by atoms with E-state index in [-0.39, 0.29) is 10.3 Å². The topological polar surface area (TPSA) is 80.8 Å². The van der Waals surface area contributed by atoms with E-state index in [1.807, 2.05) is 37.3 Å². The lowest BCUT2D eigenvalue weighted by atomic mass is 9.74. The number of pyridine rings is 1. The first kappa shape index (κ1) is 24.0. The summed E-state index contributed by atoms with van der Waals surface area (Å²) in [6, 6.07) is 20.6. The maximum Gasteiger partial charge on any atom is 0.265 e. The molecule has 1 fully saturated rings.